The van der Waals surface area contributed by atoms with Crippen LogP contribution < -0.4 is 0 Å². The minimum atomic E-state index is -0.0823. The maximum absolute atomic E-state index is 12.8. The molecule has 23 heavy (non-hydrogen) atoms. The van der Waals surface area contributed by atoms with E-state index in [0.717, 1.165) is 6.42 Å². The van der Waals surface area contributed by atoms with Crippen molar-refractivity contribution < 1.29 is 14.3 Å². The topological polar surface area (TPSA) is 82.4 Å². The fourth-order valence-corrected chi connectivity index (χ4v) is 2.83. The van der Waals surface area contributed by atoms with Gasteiger partial charge in [0.2, 0.25) is 0 Å². The number of rotatable bonds is 5. The summed E-state index contributed by atoms with van der Waals surface area (Å²) in [6.07, 6.45) is 7.28. The minimum Gasteiger partial charge on any atom is -0.383 e. The van der Waals surface area contributed by atoms with Crippen molar-refractivity contribution in [3.8, 4) is 5.69 Å². The Labute approximate surface area is 134 Å². The Hall–Kier alpha value is -2.32. The molecule has 3 rings (SSSR count). The number of carbonyl (C=O) groups excluding carboxylic acids is 1. The van der Waals surface area contributed by atoms with E-state index < -0.39 is 0 Å². The molecule has 0 spiro atoms. The summed E-state index contributed by atoms with van der Waals surface area (Å²) in [5.74, 6) is -0.0823. The number of carbonyl (C=O) groups is 1. The zero-order valence-electron chi connectivity index (χ0n) is 13.1. The van der Waals surface area contributed by atoms with Crippen LogP contribution in [0.1, 0.15) is 16.8 Å². The summed E-state index contributed by atoms with van der Waals surface area (Å²) in [4.78, 5) is 18.8. The molecule has 1 fully saturated rings. The van der Waals surface area contributed by atoms with Gasteiger partial charge in [-0.3, -0.25) is 9.78 Å². The summed E-state index contributed by atoms with van der Waals surface area (Å²) in [6, 6.07) is 1.76. The van der Waals surface area contributed by atoms with Crippen LogP contribution in [0.4, 0.5) is 0 Å². The van der Waals surface area contributed by atoms with E-state index in [0.29, 0.717) is 24.4 Å². The van der Waals surface area contributed by atoms with Crippen molar-refractivity contribution in [3.05, 3.63) is 36.4 Å². The van der Waals surface area contributed by atoms with Gasteiger partial charge in [0.1, 0.15) is 0 Å². The molecule has 0 aliphatic carbocycles. The zero-order valence-corrected chi connectivity index (χ0v) is 13.1. The van der Waals surface area contributed by atoms with E-state index in [2.05, 4.69) is 15.3 Å². The van der Waals surface area contributed by atoms with Gasteiger partial charge >= 0.3 is 0 Å². The van der Waals surface area contributed by atoms with Gasteiger partial charge in [-0.15, -0.1) is 5.10 Å². The van der Waals surface area contributed by atoms with Crippen LogP contribution in [-0.2, 0) is 9.47 Å². The zero-order chi connectivity index (χ0) is 16.2. The van der Waals surface area contributed by atoms with Gasteiger partial charge in [-0.1, -0.05) is 5.21 Å². The Bertz CT molecular complexity index is 661. The number of likely N-dealkylation sites (tertiary alicyclic amines) is 1. The third-order valence-electron chi connectivity index (χ3n) is 3.99. The van der Waals surface area contributed by atoms with E-state index in [1.165, 1.54) is 0 Å². The van der Waals surface area contributed by atoms with Crippen LogP contribution in [0.2, 0.25) is 0 Å². The Morgan fingerprint density at radius 2 is 2.26 bits per heavy atom. The minimum absolute atomic E-state index is 0.00692. The highest BCUT2D eigenvalue weighted by Crippen LogP contribution is 2.23. The van der Waals surface area contributed by atoms with Gasteiger partial charge in [0, 0.05) is 27.0 Å². The average molecular weight is 317 g/mol. The number of methoxy groups -OCH3 is 2. The molecule has 0 saturated carbocycles. The number of pyridine rings is 1. The van der Waals surface area contributed by atoms with Gasteiger partial charge in [-0.05, 0) is 12.5 Å². The average Bonchev–Trinajstić information content (AvgIpc) is 3.24. The molecule has 0 N–H and O–H groups in total. The molecule has 1 amide bonds. The van der Waals surface area contributed by atoms with Crippen LogP contribution in [0.3, 0.4) is 0 Å². The van der Waals surface area contributed by atoms with Crippen molar-refractivity contribution >= 4 is 5.91 Å². The molecule has 3 heterocycles. The summed E-state index contributed by atoms with van der Waals surface area (Å²) < 4.78 is 12.2. The largest absolute Gasteiger partial charge is 0.383 e. The summed E-state index contributed by atoms with van der Waals surface area (Å²) in [7, 11) is 3.30. The molecule has 1 saturated heterocycles. The standard InChI is InChI=1S/C15H19N5O3/c1-22-10-13-6-14(23-2)9-19(13)15(21)11-5-12(8-16-7-11)20-4-3-17-18-20/h3-5,7-8,13-14H,6,9-10H2,1-2H3/t13-,14+/m0/s1. The first-order valence-corrected chi connectivity index (χ1v) is 7.37. The lowest BCUT2D eigenvalue weighted by Gasteiger charge is -2.23. The highest BCUT2D eigenvalue weighted by Gasteiger charge is 2.35. The number of hydrogen-bond acceptors (Lipinski definition) is 6. The Morgan fingerprint density at radius 3 is 2.96 bits per heavy atom. The molecule has 0 bridgehead atoms. The smallest absolute Gasteiger partial charge is 0.255 e. The van der Waals surface area contributed by atoms with E-state index in [4.69, 9.17) is 9.47 Å². The number of hydrogen-bond donors (Lipinski definition) is 0. The van der Waals surface area contributed by atoms with Crippen molar-refractivity contribution in [1.29, 1.82) is 0 Å². The molecule has 2 aromatic heterocycles. The molecule has 0 unspecified atom stereocenters. The highest BCUT2D eigenvalue weighted by molar-refractivity contribution is 5.94. The first-order chi connectivity index (χ1) is 11.2. The number of amides is 1. The number of aromatic nitrogens is 4. The van der Waals surface area contributed by atoms with Gasteiger partial charge in [0.15, 0.2) is 0 Å². The van der Waals surface area contributed by atoms with E-state index >= 15 is 0 Å². The first-order valence-electron chi connectivity index (χ1n) is 7.37. The summed E-state index contributed by atoms with van der Waals surface area (Å²) in [5.41, 5.74) is 1.20. The predicted molar refractivity (Wildman–Crippen MR) is 81.3 cm³/mol. The third-order valence-corrected chi connectivity index (χ3v) is 3.99. The van der Waals surface area contributed by atoms with E-state index in [-0.39, 0.29) is 18.1 Å². The SMILES string of the molecule is COC[C@@H]1C[C@@H](OC)CN1C(=O)c1cncc(-n2ccnn2)c1. The van der Waals surface area contributed by atoms with Crippen LogP contribution >= 0.6 is 0 Å². The quantitative estimate of drug-likeness (QED) is 0.800. The first kappa shape index (κ1) is 15.6. The van der Waals surface area contributed by atoms with E-state index in [9.17, 15) is 4.79 Å². The van der Waals surface area contributed by atoms with E-state index in [1.54, 1.807) is 54.7 Å². The molecular weight excluding hydrogens is 298 g/mol. The van der Waals surface area contributed by atoms with Crippen molar-refractivity contribution in [3.63, 3.8) is 0 Å². The Morgan fingerprint density at radius 1 is 1.39 bits per heavy atom. The maximum atomic E-state index is 12.8. The van der Waals surface area contributed by atoms with Crippen LogP contribution in [0.5, 0.6) is 0 Å². The monoisotopic (exact) mass is 317 g/mol. The van der Waals surface area contributed by atoms with Gasteiger partial charge in [-0.25, -0.2) is 4.68 Å². The summed E-state index contributed by atoms with van der Waals surface area (Å²) >= 11 is 0. The molecule has 0 aromatic carbocycles. The Kier molecular flexibility index (Phi) is 4.63. The van der Waals surface area contributed by atoms with Crippen molar-refractivity contribution in [2.24, 2.45) is 0 Å². The molecule has 122 valence electrons. The summed E-state index contributed by atoms with van der Waals surface area (Å²) in [5, 5.41) is 7.68. The lowest BCUT2D eigenvalue weighted by atomic mass is 10.2. The highest BCUT2D eigenvalue weighted by atomic mass is 16.5. The molecule has 0 radical (unpaired) electrons. The van der Waals surface area contributed by atoms with Gasteiger partial charge < -0.3 is 14.4 Å². The molecule has 2 atom stereocenters. The maximum Gasteiger partial charge on any atom is 0.255 e. The van der Waals surface area contributed by atoms with E-state index in [1.807, 2.05) is 0 Å². The predicted octanol–water partition coefficient (Wildman–Crippen LogP) is 0.538. The normalized spacial score (nSPS) is 20.9. The molecular formula is C15H19N5O3. The lowest BCUT2D eigenvalue weighted by molar-refractivity contribution is 0.0611. The number of ether oxygens (including phenoxy) is 2. The third kappa shape index (κ3) is 3.22. The van der Waals surface area contributed by atoms with Crippen LogP contribution in [0, 0.1) is 0 Å². The number of nitrogens with zero attached hydrogens (tertiary/aromatic N) is 5. The van der Waals surface area contributed by atoms with Crippen molar-refractivity contribution in [2.75, 3.05) is 27.4 Å². The molecule has 2 aromatic rings. The second kappa shape index (κ2) is 6.84. The fourth-order valence-electron chi connectivity index (χ4n) is 2.83. The van der Waals surface area contributed by atoms with Crippen LogP contribution in [0.15, 0.2) is 30.9 Å². The summed E-state index contributed by atoms with van der Waals surface area (Å²) in [6.45, 7) is 1.04. The van der Waals surface area contributed by atoms with Gasteiger partial charge in [0.05, 0.1) is 48.6 Å². The second-order valence-corrected chi connectivity index (χ2v) is 5.44. The molecule has 1 aliphatic rings. The molecule has 8 nitrogen and oxygen atoms in total. The lowest BCUT2D eigenvalue weighted by Crippen LogP contribution is -2.38. The molecule has 1 aliphatic heterocycles. The van der Waals surface area contributed by atoms with Gasteiger partial charge in [0.25, 0.3) is 5.91 Å². The van der Waals surface area contributed by atoms with Crippen LogP contribution in [-0.4, -0.2) is 70.3 Å². The fraction of sp³-hybridized carbons (Fsp3) is 0.467. The Balaban J connectivity index is 1.83. The molecule has 8 heteroatoms. The van der Waals surface area contributed by atoms with Crippen molar-refractivity contribution in [1.82, 2.24) is 24.9 Å². The van der Waals surface area contributed by atoms with Gasteiger partial charge in [-0.2, -0.15) is 0 Å². The van der Waals surface area contributed by atoms with Crippen LogP contribution in [0.25, 0.3) is 5.69 Å². The van der Waals surface area contributed by atoms with Crippen molar-refractivity contribution in [2.45, 2.75) is 18.6 Å². The second-order valence-electron chi connectivity index (χ2n) is 5.44.